The quantitative estimate of drug-likeness (QED) is 0.310. The average Bonchev–Trinajstić information content (AvgIpc) is 3.34. The average molecular weight is 515 g/mol. The van der Waals surface area contributed by atoms with Crippen LogP contribution in [0.5, 0.6) is 5.75 Å². The summed E-state index contributed by atoms with van der Waals surface area (Å²) in [5, 5.41) is 8.15. The number of benzene rings is 2. The van der Waals surface area contributed by atoms with Crippen LogP contribution in [0.2, 0.25) is 5.02 Å². The zero-order valence-electron chi connectivity index (χ0n) is 17.6. The van der Waals surface area contributed by atoms with E-state index in [0.29, 0.717) is 28.8 Å². The van der Waals surface area contributed by atoms with Crippen molar-refractivity contribution in [2.75, 3.05) is 5.32 Å². The van der Waals surface area contributed by atoms with Crippen molar-refractivity contribution in [3.05, 3.63) is 98.6 Å². The van der Waals surface area contributed by atoms with Crippen LogP contribution in [0.4, 0.5) is 5.69 Å². The van der Waals surface area contributed by atoms with Crippen molar-refractivity contribution in [3.8, 4) is 5.75 Å². The monoisotopic (exact) mass is 513 g/mol. The van der Waals surface area contributed by atoms with Crippen molar-refractivity contribution in [2.24, 2.45) is 0 Å². The van der Waals surface area contributed by atoms with Crippen LogP contribution < -0.4 is 10.1 Å². The number of nitrogens with zero attached hydrogens (tertiary/aromatic N) is 2. The zero-order valence-corrected chi connectivity index (χ0v) is 19.9. The summed E-state index contributed by atoms with van der Waals surface area (Å²) in [7, 11) is 0. The third kappa shape index (κ3) is 5.23. The van der Waals surface area contributed by atoms with Crippen molar-refractivity contribution in [1.29, 1.82) is 0 Å². The Morgan fingerprint density at radius 1 is 1.16 bits per heavy atom. The molecule has 4 rings (SSSR count). The van der Waals surface area contributed by atoms with E-state index in [2.05, 4.69) is 26.3 Å². The lowest BCUT2D eigenvalue weighted by Gasteiger charge is -2.07. The van der Waals surface area contributed by atoms with Gasteiger partial charge >= 0.3 is 0 Å². The summed E-state index contributed by atoms with van der Waals surface area (Å²) in [4.78, 5) is 12.8. The molecule has 1 N–H and O–H groups in total. The van der Waals surface area contributed by atoms with Crippen LogP contribution in [0, 0.1) is 13.8 Å². The highest BCUT2D eigenvalue weighted by atomic mass is 79.9. The van der Waals surface area contributed by atoms with Crippen molar-refractivity contribution >= 4 is 39.1 Å². The summed E-state index contributed by atoms with van der Waals surface area (Å²) in [6.07, 6.45) is 0. The van der Waals surface area contributed by atoms with E-state index in [1.807, 2.05) is 67.1 Å². The Balaban J connectivity index is 1.41. The van der Waals surface area contributed by atoms with E-state index in [-0.39, 0.29) is 18.3 Å². The number of halogens is 2. The summed E-state index contributed by atoms with van der Waals surface area (Å²) in [6, 6.07) is 18.5. The minimum Gasteiger partial charge on any atom is -0.486 e. The minimum absolute atomic E-state index is 0.209. The molecule has 2 heterocycles. The van der Waals surface area contributed by atoms with Gasteiger partial charge in [-0.25, -0.2) is 0 Å². The van der Waals surface area contributed by atoms with Crippen LogP contribution in [-0.2, 0) is 13.2 Å². The number of hydrogen-bond donors (Lipinski definition) is 1. The molecule has 1 amide bonds. The molecule has 2 aromatic carbocycles. The second kappa shape index (κ2) is 9.63. The Labute approximate surface area is 199 Å². The van der Waals surface area contributed by atoms with Gasteiger partial charge in [0, 0.05) is 9.50 Å². The maximum Gasteiger partial charge on any atom is 0.291 e. The van der Waals surface area contributed by atoms with Gasteiger partial charge in [0.25, 0.3) is 5.91 Å². The van der Waals surface area contributed by atoms with Gasteiger partial charge in [-0.1, -0.05) is 39.7 Å². The molecule has 4 aromatic rings. The Kier molecular flexibility index (Phi) is 6.67. The molecule has 32 heavy (non-hydrogen) atoms. The van der Waals surface area contributed by atoms with E-state index >= 15 is 0 Å². The van der Waals surface area contributed by atoms with Gasteiger partial charge < -0.3 is 14.5 Å². The van der Waals surface area contributed by atoms with Gasteiger partial charge in [0.05, 0.1) is 23.6 Å². The molecule has 2 aromatic heterocycles. The highest BCUT2D eigenvalue weighted by Crippen LogP contribution is 2.23. The smallest absolute Gasteiger partial charge is 0.291 e. The molecule has 0 aliphatic carbocycles. The van der Waals surface area contributed by atoms with Gasteiger partial charge in [0.1, 0.15) is 18.1 Å². The number of furan rings is 1. The van der Waals surface area contributed by atoms with E-state index in [1.165, 1.54) is 0 Å². The molecule has 0 unspecified atom stereocenters. The number of hydrogen-bond acceptors (Lipinski definition) is 4. The topological polar surface area (TPSA) is 69.3 Å². The maximum atomic E-state index is 12.8. The van der Waals surface area contributed by atoms with Crippen LogP contribution in [0.15, 0.2) is 69.6 Å². The molecule has 0 fully saturated rings. The first-order valence-corrected chi connectivity index (χ1v) is 11.1. The molecular formula is C24H21BrClN3O3. The van der Waals surface area contributed by atoms with Crippen LogP contribution in [0.1, 0.15) is 33.3 Å². The molecule has 0 atom stereocenters. The van der Waals surface area contributed by atoms with Crippen LogP contribution >= 0.6 is 27.5 Å². The number of ether oxygens (including phenoxy) is 1. The largest absolute Gasteiger partial charge is 0.486 e. The lowest BCUT2D eigenvalue weighted by molar-refractivity contribution is 0.0992. The Morgan fingerprint density at radius 3 is 2.69 bits per heavy atom. The van der Waals surface area contributed by atoms with Gasteiger partial charge in [-0.3, -0.25) is 9.48 Å². The van der Waals surface area contributed by atoms with E-state index < -0.39 is 0 Å². The normalized spacial score (nSPS) is 10.9. The van der Waals surface area contributed by atoms with E-state index in [9.17, 15) is 4.79 Å². The molecule has 0 aliphatic heterocycles. The summed E-state index contributed by atoms with van der Waals surface area (Å²) < 4.78 is 14.2. The standard InChI is InChI=1S/C24H21BrClN3O3/c1-15-23(16(2)29(28-15)13-17-4-3-5-19(26)12-17)27-24(30)22-11-10-21(32-22)14-31-20-8-6-18(25)7-9-20/h3-12H,13-14H2,1-2H3,(H,27,30). The summed E-state index contributed by atoms with van der Waals surface area (Å²) in [5.74, 6) is 1.14. The Hall–Kier alpha value is -3.03. The Bertz CT molecular complexity index is 1250. The first-order valence-electron chi connectivity index (χ1n) is 9.96. The third-order valence-electron chi connectivity index (χ3n) is 4.92. The predicted molar refractivity (Wildman–Crippen MR) is 127 cm³/mol. The molecule has 6 nitrogen and oxygen atoms in total. The number of aryl methyl sites for hydroxylation is 1. The number of nitrogens with one attached hydrogen (secondary N) is 1. The summed E-state index contributed by atoms with van der Waals surface area (Å²) in [6.45, 7) is 4.56. The number of anilines is 1. The highest BCUT2D eigenvalue weighted by Gasteiger charge is 2.18. The second-order valence-corrected chi connectivity index (χ2v) is 8.65. The molecule has 8 heteroatoms. The molecular weight excluding hydrogens is 494 g/mol. The number of carbonyl (C=O) groups excluding carboxylic acids is 1. The van der Waals surface area contributed by atoms with E-state index in [4.69, 9.17) is 20.8 Å². The first-order chi connectivity index (χ1) is 15.4. The van der Waals surface area contributed by atoms with E-state index in [0.717, 1.165) is 21.4 Å². The summed E-state index contributed by atoms with van der Waals surface area (Å²) in [5.41, 5.74) is 3.27. The number of amides is 1. The minimum atomic E-state index is -0.339. The van der Waals surface area contributed by atoms with Gasteiger partial charge in [0.2, 0.25) is 0 Å². The van der Waals surface area contributed by atoms with E-state index in [1.54, 1.807) is 12.1 Å². The lowest BCUT2D eigenvalue weighted by Crippen LogP contribution is -2.12. The highest BCUT2D eigenvalue weighted by molar-refractivity contribution is 9.10. The predicted octanol–water partition coefficient (Wildman–Crippen LogP) is 6.39. The van der Waals surface area contributed by atoms with Crippen molar-refractivity contribution in [1.82, 2.24) is 9.78 Å². The van der Waals surface area contributed by atoms with Crippen molar-refractivity contribution < 1.29 is 13.9 Å². The van der Waals surface area contributed by atoms with Crippen molar-refractivity contribution in [2.45, 2.75) is 27.0 Å². The fraction of sp³-hybridized carbons (Fsp3) is 0.167. The van der Waals surface area contributed by atoms with Gasteiger partial charge in [-0.15, -0.1) is 0 Å². The number of carbonyl (C=O) groups is 1. The van der Waals surface area contributed by atoms with Gasteiger partial charge in [-0.05, 0) is 67.9 Å². The molecule has 0 aliphatic rings. The van der Waals surface area contributed by atoms with Gasteiger partial charge in [-0.2, -0.15) is 5.10 Å². The molecule has 0 bridgehead atoms. The fourth-order valence-electron chi connectivity index (χ4n) is 3.28. The van der Waals surface area contributed by atoms with Crippen molar-refractivity contribution in [3.63, 3.8) is 0 Å². The molecule has 164 valence electrons. The zero-order chi connectivity index (χ0) is 22.7. The lowest BCUT2D eigenvalue weighted by atomic mass is 10.2. The van der Waals surface area contributed by atoms with Crippen LogP contribution in [0.25, 0.3) is 0 Å². The SMILES string of the molecule is Cc1nn(Cc2cccc(Cl)c2)c(C)c1NC(=O)c1ccc(COc2ccc(Br)cc2)o1. The number of aromatic nitrogens is 2. The Morgan fingerprint density at radius 2 is 1.94 bits per heavy atom. The fourth-order valence-corrected chi connectivity index (χ4v) is 3.76. The maximum absolute atomic E-state index is 12.8. The van der Waals surface area contributed by atoms with Crippen LogP contribution in [-0.4, -0.2) is 15.7 Å². The number of rotatable bonds is 7. The molecule has 0 saturated heterocycles. The second-order valence-electron chi connectivity index (χ2n) is 7.30. The molecule has 0 spiro atoms. The third-order valence-corrected chi connectivity index (χ3v) is 5.69. The first kappa shape index (κ1) is 22.2. The molecule has 0 radical (unpaired) electrons. The summed E-state index contributed by atoms with van der Waals surface area (Å²) >= 11 is 9.47. The van der Waals surface area contributed by atoms with Gasteiger partial charge in [0.15, 0.2) is 5.76 Å². The molecule has 0 saturated carbocycles. The van der Waals surface area contributed by atoms with Crippen LogP contribution in [0.3, 0.4) is 0 Å².